The lowest BCUT2D eigenvalue weighted by Crippen LogP contribution is -2.36. The summed E-state index contributed by atoms with van der Waals surface area (Å²) in [6.45, 7) is 8.59. The predicted octanol–water partition coefficient (Wildman–Crippen LogP) is 4.88. The fourth-order valence-electron chi connectivity index (χ4n) is 2.96. The third-order valence-corrected chi connectivity index (χ3v) is 3.86. The molecule has 0 spiro atoms. The first-order chi connectivity index (χ1) is 8.96. The highest BCUT2D eigenvalue weighted by Crippen LogP contribution is 2.48. The van der Waals surface area contributed by atoms with E-state index in [9.17, 15) is 4.79 Å². The molecule has 0 fully saturated rings. The van der Waals surface area contributed by atoms with Gasteiger partial charge in [0.15, 0.2) is 5.78 Å². The normalized spacial score (nSPS) is 19.6. The Kier molecular flexibility index (Phi) is 3.93. The van der Waals surface area contributed by atoms with Crippen molar-refractivity contribution in [3.05, 3.63) is 41.5 Å². The maximum absolute atomic E-state index is 12.4. The van der Waals surface area contributed by atoms with E-state index in [4.69, 9.17) is 0 Å². The fourth-order valence-corrected chi connectivity index (χ4v) is 2.96. The number of carbonyl (C=O) groups is 1. The van der Waals surface area contributed by atoms with Crippen LogP contribution in [0, 0.1) is 11.3 Å². The minimum atomic E-state index is -0.0506. The number of unbranched alkanes of at least 4 members (excludes halogenated alkanes) is 1. The SMILES string of the molecule is CCCCC1C(=O)C(C(C)(C)C)=C1c1ccccc1. The third kappa shape index (κ3) is 2.65. The number of allylic oxidation sites excluding steroid dienone is 2. The van der Waals surface area contributed by atoms with E-state index in [0.29, 0.717) is 5.78 Å². The van der Waals surface area contributed by atoms with E-state index in [1.807, 2.05) is 6.07 Å². The van der Waals surface area contributed by atoms with Gasteiger partial charge in [-0.25, -0.2) is 0 Å². The van der Waals surface area contributed by atoms with E-state index in [-0.39, 0.29) is 11.3 Å². The van der Waals surface area contributed by atoms with Gasteiger partial charge in [-0.05, 0) is 23.0 Å². The number of hydrogen-bond acceptors (Lipinski definition) is 1. The molecule has 1 atom stereocenters. The largest absolute Gasteiger partial charge is 0.294 e. The van der Waals surface area contributed by atoms with Gasteiger partial charge in [-0.1, -0.05) is 70.9 Å². The first-order valence-electron chi connectivity index (χ1n) is 7.31. The third-order valence-electron chi connectivity index (χ3n) is 3.86. The molecule has 1 aliphatic rings. The number of Topliss-reactive ketones (excluding diaryl/α,β-unsaturated/α-hetero) is 1. The molecule has 0 aliphatic heterocycles. The second-order valence-electron chi connectivity index (χ2n) is 6.46. The summed E-state index contributed by atoms with van der Waals surface area (Å²) in [5, 5.41) is 0. The zero-order valence-electron chi connectivity index (χ0n) is 12.5. The Labute approximate surface area is 116 Å². The smallest absolute Gasteiger partial charge is 0.167 e. The molecule has 0 N–H and O–H groups in total. The van der Waals surface area contributed by atoms with Gasteiger partial charge < -0.3 is 0 Å². The van der Waals surface area contributed by atoms with E-state index in [1.165, 1.54) is 11.1 Å². The van der Waals surface area contributed by atoms with Gasteiger partial charge in [0.05, 0.1) is 0 Å². The molecule has 0 saturated heterocycles. The summed E-state index contributed by atoms with van der Waals surface area (Å²) in [5.74, 6) is 0.511. The van der Waals surface area contributed by atoms with Crippen molar-refractivity contribution in [2.45, 2.75) is 47.0 Å². The maximum atomic E-state index is 12.4. The Morgan fingerprint density at radius 1 is 1.11 bits per heavy atom. The monoisotopic (exact) mass is 256 g/mol. The summed E-state index contributed by atoms with van der Waals surface area (Å²) in [7, 11) is 0. The molecular formula is C18H24O. The van der Waals surface area contributed by atoms with Gasteiger partial charge in [0.25, 0.3) is 0 Å². The van der Waals surface area contributed by atoms with Crippen molar-refractivity contribution < 1.29 is 4.79 Å². The van der Waals surface area contributed by atoms with Crippen LogP contribution in [0.3, 0.4) is 0 Å². The first-order valence-corrected chi connectivity index (χ1v) is 7.31. The van der Waals surface area contributed by atoms with Gasteiger partial charge in [-0.15, -0.1) is 0 Å². The van der Waals surface area contributed by atoms with Crippen molar-refractivity contribution in [2.24, 2.45) is 11.3 Å². The van der Waals surface area contributed by atoms with E-state index < -0.39 is 0 Å². The van der Waals surface area contributed by atoms with Gasteiger partial charge in [-0.3, -0.25) is 4.79 Å². The Bertz CT molecular complexity index is 488. The minimum absolute atomic E-state index is 0.0506. The fraction of sp³-hybridized carbons (Fsp3) is 0.500. The lowest BCUT2D eigenvalue weighted by molar-refractivity contribution is -0.120. The topological polar surface area (TPSA) is 17.1 Å². The number of hydrogen-bond donors (Lipinski definition) is 0. The van der Waals surface area contributed by atoms with Crippen molar-refractivity contribution in [3.8, 4) is 0 Å². The van der Waals surface area contributed by atoms with Crippen molar-refractivity contribution in [1.82, 2.24) is 0 Å². The summed E-state index contributed by atoms with van der Waals surface area (Å²) in [5.41, 5.74) is 3.52. The highest BCUT2D eigenvalue weighted by molar-refractivity contribution is 6.19. The average molecular weight is 256 g/mol. The Morgan fingerprint density at radius 2 is 1.74 bits per heavy atom. The molecule has 0 saturated carbocycles. The van der Waals surface area contributed by atoms with Gasteiger partial charge in [0, 0.05) is 11.5 Å². The van der Waals surface area contributed by atoms with Crippen molar-refractivity contribution in [2.75, 3.05) is 0 Å². The summed E-state index contributed by atoms with van der Waals surface area (Å²) >= 11 is 0. The molecule has 0 bridgehead atoms. The lowest BCUT2D eigenvalue weighted by atomic mass is 9.63. The van der Waals surface area contributed by atoms with Crippen molar-refractivity contribution >= 4 is 11.4 Å². The van der Waals surface area contributed by atoms with E-state index in [1.54, 1.807) is 0 Å². The number of carbonyl (C=O) groups excluding carboxylic acids is 1. The zero-order valence-corrected chi connectivity index (χ0v) is 12.5. The highest BCUT2D eigenvalue weighted by Gasteiger charge is 2.43. The highest BCUT2D eigenvalue weighted by atomic mass is 16.1. The summed E-state index contributed by atoms with van der Waals surface area (Å²) in [6, 6.07) is 10.4. The molecule has 1 aromatic rings. The van der Waals surface area contributed by atoms with E-state index >= 15 is 0 Å². The van der Waals surface area contributed by atoms with Crippen LogP contribution in [0.15, 0.2) is 35.9 Å². The molecule has 1 aliphatic carbocycles. The predicted molar refractivity (Wildman–Crippen MR) is 80.8 cm³/mol. The second kappa shape index (κ2) is 5.32. The van der Waals surface area contributed by atoms with E-state index in [0.717, 1.165) is 24.8 Å². The maximum Gasteiger partial charge on any atom is 0.167 e. The first kappa shape index (κ1) is 14.0. The summed E-state index contributed by atoms with van der Waals surface area (Å²) < 4.78 is 0. The van der Waals surface area contributed by atoms with E-state index in [2.05, 4.69) is 52.0 Å². The van der Waals surface area contributed by atoms with Gasteiger partial charge >= 0.3 is 0 Å². The molecular weight excluding hydrogens is 232 g/mol. The van der Waals surface area contributed by atoms with Crippen LogP contribution in [0.4, 0.5) is 0 Å². The molecule has 2 rings (SSSR count). The molecule has 1 unspecified atom stereocenters. The summed E-state index contributed by atoms with van der Waals surface area (Å²) in [4.78, 5) is 12.4. The van der Waals surface area contributed by atoms with Crippen LogP contribution in [-0.4, -0.2) is 5.78 Å². The standard InChI is InChI=1S/C18H24O/c1-5-6-12-14-15(13-10-8-7-9-11-13)16(17(14)19)18(2,3)4/h7-11,14H,5-6,12H2,1-4H3. The van der Waals surface area contributed by atoms with Gasteiger partial charge in [0.2, 0.25) is 0 Å². The Hall–Kier alpha value is -1.37. The number of rotatable bonds is 4. The van der Waals surface area contributed by atoms with Crippen LogP contribution in [0.5, 0.6) is 0 Å². The van der Waals surface area contributed by atoms with Crippen LogP contribution in [0.2, 0.25) is 0 Å². The minimum Gasteiger partial charge on any atom is -0.294 e. The van der Waals surface area contributed by atoms with Crippen LogP contribution in [0.25, 0.3) is 5.57 Å². The number of ketones is 1. The van der Waals surface area contributed by atoms with Crippen molar-refractivity contribution in [1.29, 1.82) is 0 Å². The van der Waals surface area contributed by atoms with Gasteiger partial charge in [-0.2, -0.15) is 0 Å². The molecule has 1 nitrogen and oxygen atoms in total. The zero-order chi connectivity index (χ0) is 14.0. The molecule has 102 valence electrons. The Morgan fingerprint density at radius 3 is 2.26 bits per heavy atom. The summed E-state index contributed by atoms with van der Waals surface area (Å²) in [6.07, 6.45) is 3.28. The van der Waals surface area contributed by atoms with Crippen LogP contribution < -0.4 is 0 Å². The molecule has 0 amide bonds. The molecule has 19 heavy (non-hydrogen) atoms. The van der Waals surface area contributed by atoms with Crippen molar-refractivity contribution in [3.63, 3.8) is 0 Å². The second-order valence-corrected chi connectivity index (χ2v) is 6.46. The molecule has 1 aromatic carbocycles. The average Bonchev–Trinajstić information content (AvgIpc) is 2.35. The number of benzene rings is 1. The van der Waals surface area contributed by atoms with Gasteiger partial charge in [0.1, 0.15) is 0 Å². The molecule has 0 heterocycles. The van der Waals surface area contributed by atoms with Crippen LogP contribution >= 0.6 is 0 Å². The van der Waals surface area contributed by atoms with Crippen LogP contribution in [-0.2, 0) is 4.79 Å². The van der Waals surface area contributed by atoms with Crippen LogP contribution in [0.1, 0.15) is 52.5 Å². The Balaban J connectivity index is 2.42. The molecule has 1 heteroatoms. The quantitative estimate of drug-likeness (QED) is 0.750. The lowest BCUT2D eigenvalue weighted by Gasteiger charge is -2.39. The molecule has 0 aromatic heterocycles. The molecule has 0 radical (unpaired) electrons.